The van der Waals surface area contributed by atoms with Crippen molar-refractivity contribution in [2.24, 2.45) is 0 Å². The Morgan fingerprint density at radius 1 is 1.21 bits per heavy atom. The Hall–Kier alpha value is -2.27. The van der Waals surface area contributed by atoms with E-state index in [-0.39, 0.29) is 5.91 Å². The summed E-state index contributed by atoms with van der Waals surface area (Å²) in [6.07, 6.45) is 2.76. The Bertz CT molecular complexity index is 889. The average Bonchev–Trinajstić information content (AvgIpc) is 3.21. The first kappa shape index (κ1) is 15.3. The maximum atomic E-state index is 12.6. The largest absolute Gasteiger partial charge is 0.341 e. The normalized spacial score (nSPS) is 16.3. The topological polar surface area (TPSA) is 46.1 Å². The summed E-state index contributed by atoms with van der Waals surface area (Å²) in [6, 6.07) is 14.5. The van der Waals surface area contributed by atoms with E-state index in [1.807, 2.05) is 30.1 Å². The highest BCUT2D eigenvalue weighted by Gasteiger charge is 2.25. The van der Waals surface area contributed by atoms with E-state index in [1.54, 1.807) is 0 Å². The number of benzene rings is 2. The van der Waals surface area contributed by atoms with Gasteiger partial charge in [-0.15, -0.1) is 0 Å². The molecule has 1 amide bonds. The van der Waals surface area contributed by atoms with Gasteiger partial charge in [0.2, 0.25) is 5.91 Å². The summed E-state index contributed by atoms with van der Waals surface area (Å²) >= 11 is 1.22. The first-order chi connectivity index (χ1) is 11.7. The van der Waals surface area contributed by atoms with Crippen molar-refractivity contribution >= 4 is 28.7 Å². The van der Waals surface area contributed by atoms with Gasteiger partial charge in [0.05, 0.1) is 11.7 Å². The van der Waals surface area contributed by atoms with E-state index in [2.05, 4.69) is 33.0 Å². The maximum Gasteiger partial charge on any atom is 0.223 e. The van der Waals surface area contributed by atoms with Crippen LogP contribution in [-0.2, 0) is 17.8 Å². The zero-order valence-corrected chi connectivity index (χ0v) is 14.4. The second-order valence-electron chi connectivity index (χ2n) is 6.48. The summed E-state index contributed by atoms with van der Waals surface area (Å²) in [7, 11) is 1.88. The molecule has 122 valence electrons. The van der Waals surface area contributed by atoms with Crippen LogP contribution < -0.4 is 0 Å². The first-order valence-corrected chi connectivity index (χ1v) is 8.97. The van der Waals surface area contributed by atoms with E-state index in [0.717, 1.165) is 29.4 Å². The second kappa shape index (κ2) is 6.32. The van der Waals surface area contributed by atoms with Crippen LogP contribution in [0.3, 0.4) is 0 Å². The van der Waals surface area contributed by atoms with Crippen LogP contribution in [0.25, 0.3) is 11.0 Å². The number of rotatable bonds is 4. The minimum atomic E-state index is 0.202. The van der Waals surface area contributed by atoms with Crippen molar-refractivity contribution in [1.29, 1.82) is 0 Å². The summed E-state index contributed by atoms with van der Waals surface area (Å²) in [6.45, 7) is 0.612. The molecule has 1 heterocycles. The van der Waals surface area contributed by atoms with Crippen molar-refractivity contribution in [3.05, 3.63) is 59.2 Å². The Kier molecular flexibility index (Phi) is 4.02. The zero-order valence-electron chi connectivity index (χ0n) is 13.6. The molecule has 3 aromatic rings. The molecule has 5 heteroatoms. The van der Waals surface area contributed by atoms with Crippen LogP contribution in [-0.4, -0.2) is 26.6 Å². The number of carbonyl (C=O) groups is 1. The number of aromatic nitrogens is 2. The van der Waals surface area contributed by atoms with Crippen molar-refractivity contribution in [1.82, 2.24) is 13.6 Å². The fourth-order valence-corrected chi connectivity index (χ4v) is 4.03. The lowest BCUT2D eigenvalue weighted by molar-refractivity contribution is -0.130. The molecule has 0 bridgehead atoms. The fourth-order valence-electron chi connectivity index (χ4n) is 3.51. The summed E-state index contributed by atoms with van der Waals surface area (Å²) in [5, 5.41) is 0. The minimum absolute atomic E-state index is 0.202. The maximum absolute atomic E-state index is 12.6. The molecule has 0 unspecified atom stereocenters. The summed E-state index contributed by atoms with van der Waals surface area (Å²) < 4.78 is 8.48. The lowest BCUT2D eigenvalue weighted by atomic mass is 9.97. The van der Waals surface area contributed by atoms with Crippen LogP contribution in [0, 0.1) is 0 Å². The highest BCUT2D eigenvalue weighted by atomic mass is 32.1. The van der Waals surface area contributed by atoms with Gasteiger partial charge < -0.3 is 4.90 Å². The number of nitrogens with zero attached hydrogens (tertiary/aromatic N) is 3. The standard InChI is InChI=1S/C19H19N3OS/c1-22(12-13-6-9-17-18(10-13)21-24-20-17)19(23)11-15-8-7-14-4-2-3-5-16(14)15/h2-6,9-10,15H,7-8,11-12H2,1H3/t15-/m0/s1. The molecule has 1 atom stereocenters. The van der Waals surface area contributed by atoms with Gasteiger partial charge in [-0.1, -0.05) is 30.3 Å². The molecule has 0 spiro atoms. The SMILES string of the molecule is CN(Cc1ccc2nsnc2c1)C(=O)C[C@@H]1CCc2ccccc21. The summed E-state index contributed by atoms with van der Waals surface area (Å²) in [5.41, 5.74) is 5.68. The first-order valence-electron chi connectivity index (χ1n) is 8.23. The van der Waals surface area contributed by atoms with Gasteiger partial charge in [0.1, 0.15) is 11.0 Å². The molecule has 4 rings (SSSR count). The third-order valence-electron chi connectivity index (χ3n) is 4.84. The molecule has 1 aromatic heterocycles. The predicted molar refractivity (Wildman–Crippen MR) is 96.0 cm³/mol. The molecule has 1 aliphatic carbocycles. The van der Waals surface area contributed by atoms with Crippen LogP contribution in [0.5, 0.6) is 0 Å². The van der Waals surface area contributed by atoms with Gasteiger partial charge in [-0.05, 0) is 47.6 Å². The van der Waals surface area contributed by atoms with Gasteiger partial charge in [-0.2, -0.15) is 8.75 Å². The average molecular weight is 337 g/mol. The van der Waals surface area contributed by atoms with Crippen molar-refractivity contribution in [2.45, 2.75) is 31.7 Å². The molecule has 0 radical (unpaired) electrons. The minimum Gasteiger partial charge on any atom is -0.341 e. The van der Waals surface area contributed by atoms with E-state index < -0.39 is 0 Å². The molecule has 2 aromatic carbocycles. The Balaban J connectivity index is 1.43. The van der Waals surface area contributed by atoms with Gasteiger partial charge in [0, 0.05) is 20.0 Å². The fraction of sp³-hybridized carbons (Fsp3) is 0.316. The van der Waals surface area contributed by atoms with Gasteiger partial charge in [0.15, 0.2) is 0 Å². The van der Waals surface area contributed by atoms with Crippen LogP contribution in [0.15, 0.2) is 42.5 Å². The number of carbonyl (C=O) groups excluding carboxylic acids is 1. The van der Waals surface area contributed by atoms with Gasteiger partial charge in [0.25, 0.3) is 0 Å². The van der Waals surface area contributed by atoms with Crippen LogP contribution in [0.2, 0.25) is 0 Å². The number of aryl methyl sites for hydroxylation is 1. The Morgan fingerprint density at radius 2 is 2.04 bits per heavy atom. The lowest BCUT2D eigenvalue weighted by Crippen LogP contribution is -2.27. The third-order valence-corrected chi connectivity index (χ3v) is 5.40. The Labute approximate surface area is 145 Å². The van der Waals surface area contributed by atoms with Gasteiger partial charge in [-0.25, -0.2) is 0 Å². The molecule has 0 fully saturated rings. The zero-order chi connectivity index (χ0) is 16.5. The van der Waals surface area contributed by atoms with E-state index in [9.17, 15) is 4.79 Å². The molecule has 1 aliphatic rings. The van der Waals surface area contributed by atoms with E-state index in [1.165, 1.54) is 22.9 Å². The van der Waals surface area contributed by atoms with Crippen molar-refractivity contribution < 1.29 is 4.79 Å². The van der Waals surface area contributed by atoms with Crippen LogP contribution in [0.4, 0.5) is 0 Å². The molecule has 0 N–H and O–H groups in total. The molecular weight excluding hydrogens is 318 g/mol. The summed E-state index contributed by atoms with van der Waals surface area (Å²) in [5.74, 6) is 0.564. The van der Waals surface area contributed by atoms with E-state index >= 15 is 0 Å². The smallest absolute Gasteiger partial charge is 0.223 e. The quantitative estimate of drug-likeness (QED) is 0.728. The molecular formula is C19H19N3OS. The number of hydrogen-bond acceptors (Lipinski definition) is 4. The van der Waals surface area contributed by atoms with E-state index in [4.69, 9.17) is 0 Å². The van der Waals surface area contributed by atoms with E-state index in [0.29, 0.717) is 18.9 Å². The van der Waals surface area contributed by atoms with Crippen LogP contribution in [0.1, 0.15) is 35.4 Å². The predicted octanol–water partition coefficient (Wildman–Crippen LogP) is 3.77. The van der Waals surface area contributed by atoms with Crippen molar-refractivity contribution in [3.63, 3.8) is 0 Å². The summed E-state index contributed by atoms with van der Waals surface area (Å²) in [4.78, 5) is 14.4. The van der Waals surface area contributed by atoms with Gasteiger partial charge >= 0.3 is 0 Å². The molecule has 24 heavy (non-hydrogen) atoms. The molecule has 0 aliphatic heterocycles. The molecule has 4 nitrogen and oxygen atoms in total. The number of amides is 1. The number of hydrogen-bond donors (Lipinski definition) is 0. The monoisotopic (exact) mass is 337 g/mol. The highest BCUT2D eigenvalue weighted by molar-refractivity contribution is 7.00. The molecule has 0 saturated heterocycles. The van der Waals surface area contributed by atoms with Crippen LogP contribution >= 0.6 is 11.7 Å². The highest BCUT2D eigenvalue weighted by Crippen LogP contribution is 2.35. The van der Waals surface area contributed by atoms with Crippen molar-refractivity contribution in [3.8, 4) is 0 Å². The van der Waals surface area contributed by atoms with Crippen molar-refractivity contribution in [2.75, 3.05) is 7.05 Å². The second-order valence-corrected chi connectivity index (χ2v) is 7.00. The Morgan fingerprint density at radius 3 is 2.96 bits per heavy atom. The third kappa shape index (κ3) is 2.91. The lowest BCUT2D eigenvalue weighted by Gasteiger charge is -2.20. The number of fused-ring (bicyclic) bond motifs is 2. The molecule has 0 saturated carbocycles. The van der Waals surface area contributed by atoms with Gasteiger partial charge in [-0.3, -0.25) is 4.79 Å².